The van der Waals surface area contributed by atoms with E-state index in [2.05, 4.69) is 19.6 Å². The lowest BCUT2D eigenvalue weighted by Crippen LogP contribution is -2.54. The number of hydrogen-bond acceptors (Lipinski definition) is 4. The first-order valence-electron chi connectivity index (χ1n) is 5.04. The Balaban J connectivity index is -0.000000980. The summed E-state index contributed by atoms with van der Waals surface area (Å²) in [4.78, 5) is 0. The predicted molar refractivity (Wildman–Crippen MR) is 82.1 cm³/mol. The Morgan fingerprint density at radius 1 is 0.647 bits per heavy atom. The van der Waals surface area contributed by atoms with Gasteiger partial charge in [0.05, 0.1) is 0 Å². The van der Waals surface area contributed by atoms with Gasteiger partial charge in [-0.25, -0.2) is 0 Å². The highest BCUT2D eigenvalue weighted by molar-refractivity contribution is 6.85. The van der Waals surface area contributed by atoms with E-state index in [1.54, 1.807) is 14.2 Å². The van der Waals surface area contributed by atoms with E-state index in [0.29, 0.717) is 0 Å². The van der Waals surface area contributed by atoms with Crippen LogP contribution < -0.4 is 0 Å². The van der Waals surface area contributed by atoms with Crippen molar-refractivity contribution in [1.29, 1.82) is 0 Å². The Hall–Kier alpha value is 0.491. The standard InChI is InChI=1S/C8H24O4Si3.2CH4/c1-9-15(8,10-2)12-14(6,7)11-13(3,4)5;;/h1-8H3;2*1H4. The molecule has 0 aromatic heterocycles. The minimum absolute atomic E-state index is 0. The van der Waals surface area contributed by atoms with Crippen molar-refractivity contribution in [1.82, 2.24) is 0 Å². The van der Waals surface area contributed by atoms with Gasteiger partial charge in [0.1, 0.15) is 0 Å². The minimum atomic E-state index is -2.47. The molecule has 0 aliphatic rings. The van der Waals surface area contributed by atoms with Gasteiger partial charge in [0.15, 0.2) is 8.32 Å². The molecule has 0 bridgehead atoms. The summed E-state index contributed by atoms with van der Waals surface area (Å²) in [6.07, 6.45) is 0. The van der Waals surface area contributed by atoms with Crippen LogP contribution in [0.2, 0.25) is 39.3 Å². The fraction of sp³-hybridized carbons (Fsp3) is 1.00. The maximum Gasteiger partial charge on any atom is 0.488 e. The minimum Gasteiger partial charge on any atom is -0.437 e. The highest BCUT2D eigenvalue weighted by atomic mass is 28.5. The quantitative estimate of drug-likeness (QED) is 0.701. The van der Waals surface area contributed by atoms with Crippen LogP contribution in [0.4, 0.5) is 0 Å². The molecular formula is C10H32O4Si3. The maximum absolute atomic E-state index is 6.05. The average molecular weight is 301 g/mol. The van der Waals surface area contributed by atoms with Crippen LogP contribution in [0.25, 0.3) is 0 Å². The number of rotatable bonds is 6. The summed E-state index contributed by atoms with van der Waals surface area (Å²) in [7, 11) is -2.95. The van der Waals surface area contributed by atoms with Crippen molar-refractivity contribution in [2.45, 2.75) is 54.1 Å². The van der Waals surface area contributed by atoms with Crippen LogP contribution in [0, 0.1) is 0 Å². The molecule has 0 heterocycles. The van der Waals surface area contributed by atoms with Gasteiger partial charge in [-0.3, -0.25) is 0 Å². The van der Waals surface area contributed by atoms with Gasteiger partial charge in [-0.1, -0.05) is 14.9 Å². The summed E-state index contributed by atoms with van der Waals surface area (Å²) in [5.41, 5.74) is 0. The van der Waals surface area contributed by atoms with E-state index in [1.807, 2.05) is 19.6 Å². The normalized spacial score (nSPS) is 12.7. The topological polar surface area (TPSA) is 36.9 Å². The third kappa shape index (κ3) is 10.1. The highest BCUT2D eigenvalue weighted by Gasteiger charge is 2.43. The second-order valence-electron chi connectivity index (χ2n) is 4.99. The molecule has 0 rings (SSSR count). The molecule has 0 saturated heterocycles. The van der Waals surface area contributed by atoms with Gasteiger partial charge in [0.2, 0.25) is 0 Å². The molecule has 0 saturated carbocycles. The SMILES string of the molecule is C.C.CO[Si](C)(OC)O[Si](C)(C)O[Si](C)(C)C. The van der Waals surface area contributed by atoms with E-state index < -0.39 is 25.7 Å². The summed E-state index contributed by atoms with van der Waals surface area (Å²) in [5.74, 6) is 0. The lowest BCUT2D eigenvalue weighted by Gasteiger charge is -2.36. The van der Waals surface area contributed by atoms with Crippen LogP contribution in [0.1, 0.15) is 14.9 Å². The summed E-state index contributed by atoms with van der Waals surface area (Å²) in [6, 6.07) is 0. The van der Waals surface area contributed by atoms with Gasteiger partial charge < -0.3 is 17.1 Å². The van der Waals surface area contributed by atoms with E-state index in [-0.39, 0.29) is 14.9 Å². The van der Waals surface area contributed by atoms with E-state index in [1.165, 1.54) is 0 Å². The van der Waals surface area contributed by atoms with Crippen molar-refractivity contribution in [2.75, 3.05) is 14.2 Å². The lowest BCUT2D eigenvalue weighted by atomic mass is 11.8. The van der Waals surface area contributed by atoms with E-state index >= 15 is 0 Å². The second kappa shape index (κ2) is 7.82. The Morgan fingerprint density at radius 2 is 1.00 bits per heavy atom. The molecule has 0 amide bonds. The van der Waals surface area contributed by atoms with Crippen molar-refractivity contribution in [3.8, 4) is 0 Å². The van der Waals surface area contributed by atoms with Crippen LogP contribution >= 0.6 is 0 Å². The van der Waals surface area contributed by atoms with Crippen LogP contribution in [-0.2, 0) is 17.1 Å². The third-order valence-corrected chi connectivity index (χ3v) is 11.1. The second-order valence-corrected chi connectivity index (χ2v) is 16.2. The molecule has 0 aromatic rings. The van der Waals surface area contributed by atoms with Crippen LogP contribution in [0.15, 0.2) is 0 Å². The number of hydrogen-bond donors (Lipinski definition) is 0. The molecule has 0 N–H and O–H groups in total. The Morgan fingerprint density at radius 3 is 1.24 bits per heavy atom. The van der Waals surface area contributed by atoms with Gasteiger partial charge >= 0.3 is 17.4 Å². The van der Waals surface area contributed by atoms with Gasteiger partial charge in [0, 0.05) is 20.8 Å². The third-order valence-electron chi connectivity index (χ3n) is 1.72. The smallest absolute Gasteiger partial charge is 0.437 e. The summed E-state index contributed by atoms with van der Waals surface area (Å²) in [5, 5.41) is 0. The van der Waals surface area contributed by atoms with Crippen molar-refractivity contribution in [3.05, 3.63) is 0 Å². The van der Waals surface area contributed by atoms with Crippen LogP contribution in [0.5, 0.6) is 0 Å². The Bertz CT molecular complexity index is 200. The molecule has 4 nitrogen and oxygen atoms in total. The zero-order valence-corrected chi connectivity index (χ0v) is 14.1. The van der Waals surface area contributed by atoms with Crippen molar-refractivity contribution < 1.29 is 17.1 Å². The molecule has 0 aliphatic carbocycles. The fourth-order valence-corrected chi connectivity index (χ4v) is 12.2. The molecular weight excluding hydrogens is 268 g/mol. The zero-order valence-electron chi connectivity index (χ0n) is 11.1. The van der Waals surface area contributed by atoms with Gasteiger partial charge in [0.25, 0.3) is 0 Å². The molecule has 0 aliphatic heterocycles. The fourth-order valence-electron chi connectivity index (χ4n) is 1.37. The molecule has 0 atom stereocenters. The van der Waals surface area contributed by atoms with E-state index in [9.17, 15) is 0 Å². The molecule has 7 heteroatoms. The average Bonchev–Trinajstić information content (AvgIpc) is 1.98. The van der Waals surface area contributed by atoms with Crippen molar-refractivity contribution in [2.24, 2.45) is 0 Å². The van der Waals surface area contributed by atoms with Crippen molar-refractivity contribution >= 4 is 25.7 Å². The van der Waals surface area contributed by atoms with Crippen LogP contribution in [0.3, 0.4) is 0 Å². The van der Waals surface area contributed by atoms with Gasteiger partial charge in [-0.05, 0) is 32.7 Å². The molecule has 17 heavy (non-hydrogen) atoms. The molecule has 0 unspecified atom stereocenters. The first-order valence-corrected chi connectivity index (χ1v) is 13.5. The van der Waals surface area contributed by atoms with Crippen molar-refractivity contribution in [3.63, 3.8) is 0 Å². The molecule has 0 aromatic carbocycles. The first-order chi connectivity index (χ1) is 6.54. The summed E-state index contributed by atoms with van der Waals surface area (Å²) >= 11 is 0. The molecule has 0 spiro atoms. The summed E-state index contributed by atoms with van der Waals surface area (Å²) in [6.45, 7) is 12.4. The Labute approximate surface area is 111 Å². The maximum atomic E-state index is 6.05. The van der Waals surface area contributed by atoms with E-state index in [4.69, 9.17) is 17.1 Å². The monoisotopic (exact) mass is 300 g/mol. The summed E-state index contributed by atoms with van der Waals surface area (Å²) < 4.78 is 22.6. The first kappa shape index (κ1) is 22.7. The molecule has 0 fully saturated rings. The van der Waals surface area contributed by atoms with Gasteiger partial charge in [-0.2, -0.15) is 0 Å². The Kier molecular flexibility index (Phi) is 10.4. The predicted octanol–water partition coefficient (Wildman–Crippen LogP) is 3.69. The highest BCUT2D eigenvalue weighted by Crippen LogP contribution is 2.20. The van der Waals surface area contributed by atoms with E-state index in [0.717, 1.165) is 0 Å². The zero-order chi connectivity index (χ0) is 12.3. The lowest BCUT2D eigenvalue weighted by molar-refractivity contribution is 0.154. The molecule has 0 radical (unpaired) electrons. The molecule has 108 valence electrons. The van der Waals surface area contributed by atoms with Crippen LogP contribution in [-0.4, -0.2) is 39.9 Å². The van der Waals surface area contributed by atoms with Gasteiger partial charge in [-0.15, -0.1) is 0 Å². The largest absolute Gasteiger partial charge is 0.488 e.